The van der Waals surface area contributed by atoms with Gasteiger partial charge in [-0.1, -0.05) is 24.3 Å². The highest BCUT2D eigenvalue weighted by atomic mass is 19.4. The Labute approximate surface area is 141 Å². The first-order valence-corrected chi connectivity index (χ1v) is 7.60. The molecule has 2 aromatic heterocycles. The molecular formula is C17H15F3N4O. The van der Waals surface area contributed by atoms with Crippen molar-refractivity contribution >= 4 is 11.6 Å². The number of carbonyl (C=O) groups is 1. The topological polar surface area (TPSA) is 59.3 Å². The lowest BCUT2D eigenvalue weighted by atomic mass is 10.1. The zero-order valence-electron chi connectivity index (χ0n) is 13.3. The summed E-state index contributed by atoms with van der Waals surface area (Å²) in [6, 6.07) is 9.74. The van der Waals surface area contributed by atoms with E-state index in [1.165, 1.54) is 12.1 Å². The van der Waals surface area contributed by atoms with Crippen molar-refractivity contribution in [2.24, 2.45) is 0 Å². The van der Waals surface area contributed by atoms with E-state index in [0.29, 0.717) is 17.0 Å². The first-order valence-electron chi connectivity index (χ1n) is 7.60. The minimum Gasteiger partial charge on any atom is -0.346 e. The molecule has 0 spiro atoms. The van der Waals surface area contributed by atoms with Gasteiger partial charge in [0, 0.05) is 6.20 Å². The molecule has 8 heteroatoms. The number of fused-ring (bicyclic) bond motifs is 1. The van der Waals surface area contributed by atoms with Crippen LogP contribution in [-0.4, -0.2) is 20.5 Å². The Morgan fingerprint density at radius 1 is 1.20 bits per heavy atom. The van der Waals surface area contributed by atoms with Crippen LogP contribution in [0.3, 0.4) is 0 Å². The van der Waals surface area contributed by atoms with Gasteiger partial charge < -0.3 is 5.32 Å². The fourth-order valence-electron chi connectivity index (χ4n) is 2.56. The van der Waals surface area contributed by atoms with Crippen LogP contribution in [0.25, 0.3) is 5.65 Å². The van der Waals surface area contributed by atoms with Gasteiger partial charge in [0.15, 0.2) is 11.5 Å². The van der Waals surface area contributed by atoms with E-state index in [1.807, 2.05) is 12.1 Å². The van der Waals surface area contributed by atoms with Gasteiger partial charge >= 0.3 is 6.18 Å². The zero-order valence-corrected chi connectivity index (χ0v) is 13.3. The molecule has 0 saturated carbocycles. The van der Waals surface area contributed by atoms with Crippen LogP contribution in [-0.2, 0) is 17.4 Å². The predicted octanol–water partition coefficient (Wildman–Crippen LogP) is 3.17. The number of hydrogen-bond acceptors (Lipinski definition) is 3. The van der Waals surface area contributed by atoms with E-state index in [-0.39, 0.29) is 12.3 Å². The van der Waals surface area contributed by atoms with E-state index < -0.39 is 17.8 Å². The summed E-state index contributed by atoms with van der Waals surface area (Å²) in [6.07, 6.45) is -2.80. The number of pyridine rings is 1. The maximum Gasteiger partial charge on any atom is 0.416 e. The lowest BCUT2D eigenvalue weighted by Crippen LogP contribution is -2.29. The quantitative estimate of drug-likeness (QED) is 0.788. The average Bonchev–Trinajstić information content (AvgIpc) is 2.98. The van der Waals surface area contributed by atoms with Gasteiger partial charge in [-0.15, -0.1) is 10.2 Å². The molecule has 1 unspecified atom stereocenters. The third-order valence-corrected chi connectivity index (χ3v) is 3.72. The Hall–Kier alpha value is -2.90. The molecule has 0 aliphatic carbocycles. The number of nitrogens with zero attached hydrogens (tertiary/aromatic N) is 3. The predicted molar refractivity (Wildman–Crippen MR) is 84.7 cm³/mol. The standard InChI is InChI=1S/C17H15F3N4O/c1-11(16-23-22-14-7-2-3-8-24(14)16)21-15(25)10-12-5-4-6-13(9-12)17(18,19)20/h2-9,11H,10H2,1H3,(H,21,25). The van der Waals surface area contributed by atoms with Crippen molar-refractivity contribution in [1.82, 2.24) is 19.9 Å². The van der Waals surface area contributed by atoms with Gasteiger partial charge in [0.2, 0.25) is 5.91 Å². The molecule has 0 bridgehead atoms. The molecule has 3 aromatic rings. The minimum atomic E-state index is -4.43. The number of carbonyl (C=O) groups excluding carboxylic acids is 1. The van der Waals surface area contributed by atoms with Crippen molar-refractivity contribution in [2.45, 2.75) is 25.6 Å². The Balaban J connectivity index is 1.70. The van der Waals surface area contributed by atoms with Crippen molar-refractivity contribution in [1.29, 1.82) is 0 Å². The molecule has 0 fully saturated rings. The SMILES string of the molecule is CC(NC(=O)Cc1cccc(C(F)(F)F)c1)c1nnc2ccccn12. The lowest BCUT2D eigenvalue weighted by Gasteiger charge is -2.13. The van der Waals surface area contributed by atoms with Crippen LogP contribution in [0.15, 0.2) is 48.7 Å². The van der Waals surface area contributed by atoms with E-state index >= 15 is 0 Å². The molecule has 0 aliphatic rings. The maximum atomic E-state index is 12.7. The van der Waals surface area contributed by atoms with Crippen molar-refractivity contribution < 1.29 is 18.0 Å². The third kappa shape index (κ3) is 3.78. The molecule has 0 radical (unpaired) electrons. The summed E-state index contributed by atoms with van der Waals surface area (Å²) in [5.41, 5.74) is 0.177. The highest BCUT2D eigenvalue weighted by molar-refractivity contribution is 5.79. The molecule has 1 amide bonds. The summed E-state index contributed by atoms with van der Waals surface area (Å²) in [6.45, 7) is 1.74. The number of rotatable bonds is 4. The van der Waals surface area contributed by atoms with E-state index in [0.717, 1.165) is 12.1 Å². The highest BCUT2D eigenvalue weighted by Crippen LogP contribution is 2.29. The summed E-state index contributed by atoms with van der Waals surface area (Å²) in [5.74, 6) is 0.160. The summed E-state index contributed by atoms with van der Waals surface area (Å²) in [4.78, 5) is 12.2. The van der Waals surface area contributed by atoms with Gasteiger partial charge in [0.05, 0.1) is 18.0 Å². The zero-order chi connectivity index (χ0) is 18.0. The number of amides is 1. The molecule has 5 nitrogen and oxygen atoms in total. The van der Waals surface area contributed by atoms with Crippen LogP contribution in [0.1, 0.15) is 29.9 Å². The smallest absolute Gasteiger partial charge is 0.346 e. The molecule has 1 N–H and O–H groups in total. The summed E-state index contributed by atoms with van der Waals surface area (Å²) in [7, 11) is 0. The molecule has 25 heavy (non-hydrogen) atoms. The Morgan fingerprint density at radius 2 is 2.00 bits per heavy atom. The fourth-order valence-corrected chi connectivity index (χ4v) is 2.56. The van der Waals surface area contributed by atoms with E-state index in [9.17, 15) is 18.0 Å². The number of benzene rings is 1. The van der Waals surface area contributed by atoms with E-state index in [1.54, 1.807) is 23.6 Å². The van der Waals surface area contributed by atoms with Gasteiger partial charge in [-0.25, -0.2) is 0 Å². The minimum absolute atomic E-state index is 0.148. The number of hydrogen-bond donors (Lipinski definition) is 1. The van der Waals surface area contributed by atoms with Crippen LogP contribution in [0, 0.1) is 0 Å². The molecule has 1 aromatic carbocycles. The van der Waals surface area contributed by atoms with Crippen molar-refractivity contribution in [3.8, 4) is 0 Å². The van der Waals surface area contributed by atoms with Crippen LogP contribution < -0.4 is 5.32 Å². The monoisotopic (exact) mass is 348 g/mol. The van der Waals surface area contributed by atoms with Crippen molar-refractivity contribution in [3.63, 3.8) is 0 Å². The number of alkyl halides is 3. The van der Waals surface area contributed by atoms with Gasteiger partial charge in [0.25, 0.3) is 0 Å². The first kappa shape index (κ1) is 16.9. The third-order valence-electron chi connectivity index (χ3n) is 3.72. The second-order valence-electron chi connectivity index (χ2n) is 5.65. The molecule has 3 rings (SSSR count). The van der Waals surface area contributed by atoms with Gasteiger partial charge in [-0.05, 0) is 30.7 Å². The molecule has 0 aliphatic heterocycles. The Bertz CT molecular complexity index is 904. The van der Waals surface area contributed by atoms with E-state index in [2.05, 4.69) is 15.5 Å². The van der Waals surface area contributed by atoms with E-state index in [4.69, 9.17) is 0 Å². The van der Waals surface area contributed by atoms with Crippen LogP contribution in [0.5, 0.6) is 0 Å². The number of halogens is 3. The number of nitrogens with one attached hydrogen (secondary N) is 1. The normalized spacial score (nSPS) is 13.0. The lowest BCUT2D eigenvalue weighted by molar-refractivity contribution is -0.137. The van der Waals surface area contributed by atoms with Crippen LogP contribution in [0.2, 0.25) is 0 Å². The largest absolute Gasteiger partial charge is 0.416 e. The summed E-state index contributed by atoms with van der Waals surface area (Å²) >= 11 is 0. The Morgan fingerprint density at radius 3 is 2.76 bits per heavy atom. The second kappa shape index (κ2) is 6.54. The Kier molecular flexibility index (Phi) is 4.43. The van der Waals surface area contributed by atoms with Crippen LogP contribution >= 0.6 is 0 Å². The molecule has 2 heterocycles. The molecule has 0 saturated heterocycles. The molecule has 1 atom stereocenters. The van der Waals surface area contributed by atoms with Crippen molar-refractivity contribution in [3.05, 3.63) is 65.6 Å². The summed E-state index contributed by atoms with van der Waals surface area (Å²) < 4.78 is 39.9. The maximum absolute atomic E-state index is 12.7. The fraction of sp³-hybridized carbons (Fsp3) is 0.235. The van der Waals surface area contributed by atoms with Gasteiger partial charge in [-0.2, -0.15) is 13.2 Å². The van der Waals surface area contributed by atoms with Gasteiger partial charge in [-0.3, -0.25) is 9.20 Å². The van der Waals surface area contributed by atoms with Crippen LogP contribution in [0.4, 0.5) is 13.2 Å². The van der Waals surface area contributed by atoms with Gasteiger partial charge in [0.1, 0.15) is 0 Å². The average molecular weight is 348 g/mol. The number of aromatic nitrogens is 3. The second-order valence-corrected chi connectivity index (χ2v) is 5.65. The first-order chi connectivity index (χ1) is 11.8. The van der Waals surface area contributed by atoms with Crippen molar-refractivity contribution in [2.75, 3.05) is 0 Å². The molecule has 130 valence electrons. The summed E-state index contributed by atoms with van der Waals surface area (Å²) in [5, 5.41) is 10.8. The molecular weight excluding hydrogens is 333 g/mol. The highest BCUT2D eigenvalue weighted by Gasteiger charge is 2.30.